The summed E-state index contributed by atoms with van der Waals surface area (Å²) in [5, 5.41) is 8.58. The van der Waals surface area contributed by atoms with Crippen LogP contribution in [0, 0.1) is 0 Å². The second-order valence-corrected chi connectivity index (χ2v) is 3.79. The lowest BCUT2D eigenvalue weighted by Crippen LogP contribution is -2.35. The number of aliphatic carboxylic acids is 1. The zero-order chi connectivity index (χ0) is 12.8. The van der Waals surface area contributed by atoms with Crippen LogP contribution in [-0.4, -0.2) is 41.3 Å². The Balaban J connectivity index is 3.95. The maximum Gasteiger partial charge on any atom is 0.389 e. The Bertz CT molecular complexity index is 219. The molecule has 0 radical (unpaired) electrons. The van der Waals surface area contributed by atoms with E-state index in [1.54, 1.807) is 11.8 Å². The molecule has 0 aromatic carbocycles. The highest BCUT2D eigenvalue weighted by molar-refractivity contribution is 5.67. The van der Waals surface area contributed by atoms with E-state index in [9.17, 15) is 18.0 Å². The van der Waals surface area contributed by atoms with E-state index in [2.05, 4.69) is 0 Å². The summed E-state index contributed by atoms with van der Waals surface area (Å²) in [7, 11) is 0. The quantitative estimate of drug-likeness (QED) is 0.744. The summed E-state index contributed by atoms with van der Waals surface area (Å²) in [5.74, 6) is -0.929. The summed E-state index contributed by atoms with van der Waals surface area (Å²) < 4.78 is 35.7. The standard InChI is InChI=1S/C10H18F3NO2/c1-3-14(8(2)7-9(15)16)6-4-5-10(11,12)13/h8H,3-7H2,1-2H3,(H,15,16). The van der Waals surface area contributed by atoms with Crippen molar-refractivity contribution in [2.24, 2.45) is 0 Å². The van der Waals surface area contributed by atoms with E-state index < -0.39 is 18.6 Å². The average Bonchev–Trinajstić information content (AvgIpc) is 2.09. The minimum atomic E-state index is -4.13. The van der Waals surface area contributed by atoms with Crippen LogP contribution in [0.2, 0.25) is 0 Å². The number of hydrogen-bond donors (Lipinski definition) is 1. The van der Waals surface area contributed by atoms with Gasteiger partial charge in [-0.15, -0.1) is 0 Å². The summed E-state index contributed by atoms with van der Waals surface area (Å²) in [6.07, 6.45) is -4.97. The van der Waals surface area contributed by atoms with Crippen molar-refractivity contribution in [2.45, 2.75) is 45.3 Å². The van der Waals surface area contributed by atoms with Gasteiger partial charge < -0.3 is 10.0 Å². The van der Waals surface area contributed by atoms with Gasteiger partial charge in [-0.25, -0.2) is 0 Å². The fourth-order valence-electron chi connectivity index (χ4n) is 1.55. The van der Waals surface area contributed by atoms with Crippen molar-refractivity contribution < 1.29 is 23.1 Å². The number of halogens is 3. The van der Waals surface area contributed by atoms with Gasteiger partial charge in [0, 0.05) is 12.5 Å². The van der Waals surface area contributed by atoms with Crippen molar-refractivity contribution in [1.82, 2.24) is 4.90 Å². The topological polar surface area (TPSA) is 40.5 Å². The lowest BCUT2D eigenvalue weighted by atomic mass is 10.2. The van der Waals surface area contributed by atoms with Gasteiger partial charge in [-0.1, -0.05) is 6.92 Å². The lowest BCUT2D eigenvalue weighted by Gasteiger charge is -2.26. The second-order valence-electron chi connectivity index (χ2n) is 3.79. The summed E-state index contributed by atoms with van der Waals surface area (Å²) in [5.41, 5.74) is 0. The van der Waals surface area contributed by atoms with Crippen LogP contribution in [0.25, 0.3) is 0 Å². The maximum atomic E-state index is 11.9. The normalized spacial score (nSPS) is 14.1. The zero-order valence-corrected chi connectivity index (χ0v) is 9.55. The number of hydrogen-bond acceptors (Lipinski definition) is 2. The Kier molecular flexibility index (Phi) is 6.40. The van der Waals surface area contributed by atoms with Gasteiger partial charge in [0.2, 0.25) is 0 Å². The third-order valence-corrected chi connectivity index (χ3v) is 2.41. The Morgan fingerprint density at radius 2 is 2.00 bits per heavy atom. The molecule has 6 heteroatoms. The molecule has 0 spiro atoms. The van der Waals surface area contributed by atoms with Crippen LogP contribution >= 0.6 is 0 Å². The first-order chi connectivity index (χ1) is 7.26. The minimum absolute atomic E-state index is 0.0152. The molecule has 0 aromatic heterocycles. The third kappa shape index (κ3) is 7.50. The van der Waals surface area contributed by atoms with E-state index in [1.807, 2.05) is 6.92 Å². The van der Waals surface area contributed by atoms with E-state index >= 15 is 0 Å². The number of carbonyl (C=O) groups is 1. The number of rotatable bonds is 7. The first-order valence-electron chi connectivity index (χ1n) is 5.29. The van der Waals surface area contributed by atoms with E-state index in [4.69, 9.17) is 5.11 Å². The molecule has 1 atom stereocenters. The monoisotopic (exact) mass is 241 g/mol. The molecule has 0 aromatic rings. The maximum absolute atomic E-state index is 11.9. The molecule has 0 bridgehead atoms. The summed E-state index contributed by atoms with van der Waals surface area (Å²) in [4.78, 5) is 12.2. The van der Waals surface area contributed by atoms with Gasteiger partial charge in [0.15, 0.2) is 0 Å². The summed E-state index contributed by atoms with van der Waals surface area (Å²) in [6.45, 7) is 4.37. The van der Waals surface area contributed by atoms with Crippen molar-refractivity contribution in [3.8, 4) is 0 Å². The van der Waals surface area contributed by atoms with Gasteiger partial charge in [-0.3, -0.25) is 4.79 Å². The fraction of sp³-hybridized carbons (Fsp3) is 0.900. The largest absolute Gasteiger partial charge is 0.481 e. The zero-order valence-electron chi connectivity index (χ0n) is 9.55. The van der Waals surface area contributed by atoms with Crippen molar-refractivity contribution in [3.63, 3.8) is 0 Å². The predicted molar refractivity (Wildman–Crippen MR) is 54.3 cm³/mol. The Morgan fingerprint density at radius 3 is 2.38 bits per heavy atom. The SMILES string of the molecule is CCN(CCCC(F)(F)F)C(C)CC(=O)O. The van der Waals surface area contributed by atoms with Crippen LogP contribution in [0.1, 0.15) is 33.1 Å². The van der Waals surface area contributed by atoms with Gasteiger partial charge in [0.25, 0.3) is 0 Å². The minimum Gasteiger partial charge on any atom is -0.481 e. The third-order valence-electron chi connectivity index (χ3n) is 2.41. The number of nitrogens with zero attached hydrogens (tertiary/aromatic N) is 1. The first kappa shape index (κ1) is 15.2. The van der Waals surface area contributed by atoms with E-state index in [0.717, 1.165) is 0 Å². The molecule has 0 aliphatic carbocycles. The van der Waals surface area contributed by atoms with Gasteiger partial charge >= 0.3 is 12.1 Å². The molecule has 0 aliphatic rings. The number of alkyl halides is 3. The molecule has 1 N–H and O–H groups in total. The molecule has 1 unspecified atom stereocenters. The Labute approximate surface area is 93.2 Å². The molecule has 0 saturated heterocycles. The highest BCUT2D eigenvalue weighted by atomic mass is 19.4. The molecule has 0 fully saturated rings. The van der Waals surface area contributed by atoms with Crippen LogP contribution in [0.5, 0.6) is 0 Å². The van der Waals surface area contributed by atoms with Crippen LogP contribution in [-0.2, 0) is 4.79 Å². The van der Waals surface area contributed by atoms with Gasteiger partial charge in [-0.05, 0) is 26.4 Å². The van der Waals surface area contributed by atoms with E-state index in [0.29, 0.717) is 6.54 Å². The van der Waals surface area contributed by atoms with Crippen LogP contribution < -0.4 is 0 Å². The van der Waals surface area contributed by atoms with Crippen molar-refractivity contribution in [1.29, 1.82) is 0 Å². The molecule has 0 heterocycles. The van der Waals surface area contributed by atoms with E-state index in [-0.39, 0.29) is 25.4 Å². The number of carboxylic acid groups (broad SMARTS) is 1. The van der Waals surface area contributed by atoms with Crippen LogP contribution in [0.4, 0.5) is 13.2 Å². The van der Waals surface area contributed by atoms with Crippen molar-refractivity contribution in [3.05, 3.63) is 0 Å². The fourth-order valence-corrected chi connectivity index (χ4v) is 1.55. The molecule has 16 heavy (non-hydrogen) atoms. The molecule has 3 nitrogen and oxygen atoms in total. The molecule has 96 valence electrons. The first-order valence-corrected chi connectivity index (χ1v) is 5.29. The summed E-state index contributed by atoms with van der Waals surface area (Å²) in [6, 6.07) is -0.226. The van der Waals surface area contributed by atoms with Crippen LogP contribution in [0.15, 0.2) is 0 Å². The van der Waals surface area contributed by atoms with Crippen molar-refractivity contribution in [2.75, 3.05) is 13.1 Å². The Morgan fingerprint density at radius 1 is 1.44 bits per heavy atom. The molecule has 0 amide bonds. The second kappa shape index (κ2) is 6.73. The molecular formula is C10H18F3NO2. The van der Waals surface area contributed by atoms with Gasteiger partial charge in [-0.2, -0.15) is 13.2 Å². The van der Waals surface area contributed by atoms with Gasteiger partial charge in [0.05, 0.1) is 6.42 Å². The molecule has 0 rings (SSSR count). The Hall–Kier alpha value is -0.780. The molecule has 0 aliphatic heterocycles. The molecular weight excluding hydrogens is 223 g/mol. The highest BCUT2D eigenvalue weighted by Gasteiger charge is 2.27. The predicted octanol–water partition coefficient (Wildman–Crippen LogP) is 2.51. The smallest absolute Gasteiger partial charge is 0.389 e. The number of carboxylic acids is 1. The highest BCUT2D eigenvalue weighted by Crippen LogP contribution is 2.21. The molecule has 0 saturated carbocycles. The lowest BCUT2D eigenvalue weighted by molar-refractivity contribution is -0.140. The van der Waals surface area contributed by atoms with Gasteiger partial charge in [0.1, 0.15) is 0 Å². The average molecular weight is 241 g/mol. The summed E-state index contributed by atoms with van der Waals surface area (Å²) >= 11 is 0. The van der Waals surface area contributed by atoms with Crippen molar-refractivity contribution >= 4 is 5.97 Å². The van der Waals surface area contributed by atoms with Crippen LogP contribution in [0.3, 0.4) is 0 Å². The van der Waals surface area contributed by atoms with E-state index in [1.165, 1.54) is 0 Å².